The Bertz CT molecular complexity index is 502. The highest BCUT2D eigenvalue weighted by Crippen LogP contribution is 2.19. The Morgan fingerprint density at radius 2 is 2.20 bits per heavy atom. The van der Waals surface area contributed by atoms with Crippen LogP contribution in [0, 0.1) is 0 Å². The van der Waals surface area contributed by atoms with Crippen LogP contribution in [0.15, 0.2) is 24.4 Å². The molecule has 4 nitrogen and oxygen atoms in total. The Morgan fingerprint density at radius 1 is 1.40 bits per heavy atom. The van der Waals surface area contributed by atoms with Crippen LogP contribution < -0.4 is 11.5 Å². The van der Waals surface area contributed by atoms with Gasteiger partial charge >= 0.3 is 0 Å². The van der Waals surface area contributed by atoms with Crippen molar-refractivity contribution in [3.8, 4) is 0 Å². The maximum Gasteiger partial charge on any atom is 0.248 e. The first-order chi connectivity index (χ1) is 7.22. The Labute approximate surface area is 87.3 Å². The highest BCUT2D eigenvalue weighted by Gasteiger charge is 2.05. The summed E-state index contributed by atoms with van der Waals surface area (Å²) in [6.45, 7) is 0.616. The van der Waals surface area contributed by atoms with Crippen LogP contribution in [0.5, 0.6) is 0 Å². The van der Waals surface area contributed by atoms with Crippen molar-refractivity contribution in [2.24, 2.45) is 11.5 Å². The standard InChI is InChI=1S/C11H13N3O/c12-4-3-8-6-14-10-5-7(11(13)15)1-2-9(8)10/h1-2,5-6,14H,3-4,12H2,(H2,13,15). The van der Waals surface area contributed by atoms with Crippen molar-refractivity contribution in [3.63, 3.8) is 0 Å². The molecule has 0 aliphatic heterocycles. The molecule has 0 fully saturated rings. The van der Waals surface area contributed by atoms with Crippen LogP contribution in [0.1, 0.15) is 15.9 Å². The summed E-state index contributed by atoms with van der Waals surface area (Å²) < 4.78 is 0. The third-order valence-corrected chi connectivity index (χ3v) is 2.47. The molecular formula is C11H13N3O. The highest BCUT2D eigenvalue weighted by atomic mass is 16.1. The lowest BCUT2D eigenvalue weighted by molar-refractivity contribution is 0.100. The molecule has 2 aromatic rings. The number of carbonyl (C=O) groups is 1. The van der Waals surface area contributed by atoms with Gasteiger partial charge in [0.15, 0.2) is 0 Å². The molecule has 1 aromatic heterocycles. The van der Waals surface area contributed by atoms with Gasteiger partial charge in [0.05, 0.1) is 0 Å². The Kier molecular flexibility index (Phi) is 2.43. The van der Waals surface area contributed by atoms with Crippen LogP contribution in [-0.4, -0.2) is 17.4 Å². The molecule has 0 aliphatic rings. The summed E-state index contributed by atoms with van der Waals surface area (Å²) in [5, 5.41) is 1.10. The minimum Gasteiger partial charge on any atom is -0.366 e. The number of primary amides is 1. The number of nitrogens with two attached hydrogens (primary N) is 2. The summed E-state index contributed by atoms with van der Waals surface area (Å²) in [6, 6.07) is 5.40. The van der Waals surface area contributed by atoms with Gasteiger partial charge in [-0.1, -0.05) is 6.07 Å². The number of nitrogens with one attached hydrogen (secondary N) is 1. The SMILES string of the molecule is NCCc1c[nH]c2cc(C(N)=O)ccc12. The van der Waals surface area contributed by atoms with E-state index in [1.54, 1.807) is 12.1 Å². The van der Waals surface area contributed by atoms with Gasteiger partial charge < -0.3 is 16.5 Å². The number of hydrogen-bond acceptors (Lipinski definition) is 2. The molecule has 0 radical (unpaired) electrons. The van der Waals surface area contributed by atoms with E-state index in [0.717, 1.165) is 17.3 Å². The molecule has 1 aromatic carbocycles. The molecule has 4 heteroatoms. The lowest BCUT2D eigenvalue weighted by atomic mass is 10.1. The fraction of sp³-hybridized carbons (Fsp3) is 0.182. The average Bonchev–Trinajstić information content (AvgIpc) is 2.61. The molecule has 0 spiro atoms. The number of aromatic amines is 1. The van der Waals surface area contributed by atoms with Crippen molar-refractivity contribution in [1.82, 2.24) is 4.98 Å². The van der Waals surface area contributed by atoms with E-state index in [9.17, 15) is 4.79 Å². The Hall–Kier alpha value is -1.81. The van der Waals surface area contributed by atoms with E-state index in [4.69, 9.17) is 11.5 Å². The van der Waals surface area contributed by atoms with Crippen LogP contribution in [0.3, 0.4) is 0 Å². The number of hydrogen-bond donors (Lipinski definition) is 3. The summed E-state index contributed by atoms with van der Waals surface area (Å²) in [5.74, 6) is -0.410. The molecule has 0 bridgehead atoms. The number of fused-ring (bicyclic) bond motifs is 1. The zero-order chi connectivity index (χ0) is 10.8. The van der Waals surface area contributed by atoms with Gasteiger partial charge in [-0.15, -0.1) is 0 Å². The lowest BCUT2D eigenvalue weighted by Gasteiger charge is -1.98. The number of carbonyl (C=O) groups excluding carboxylic acids is 1. The second-order valence-corrected chi connectivity index (χ2v) is 3.48. The van der Waals surface area contributed by atoms with Crippen LogP contribution in [0.2, 0.25) is 0 Å². The fourth-order valence-corrected chi connectivity index (χ4v) is 1.70. The van der Waals surface area contributed by atoms with E-state index >= 15 is 0 Å². The van der Waals surface area contributed by atoms with Crippen LogP contribution in [0.25, 0.3) is 10.9 Å². The molecule has 0 unspecified atom stereocenters. The molecule has 0 atom stereocenters. The van der Waals surface area contributed by atoms with Gasteiger partial charge in [0.2, 0.25) is 5.91 Å². The minimum absolute atomic E-state index is 0.410. The molecule has 78 valence electrons. The zero-order valence-corrected chi connectivity index (χ0v) is 8.29. The topological polar surface area (TPSA) is 84.9 Å². The largest absolute Gasteiger partial charge is 0.366 e. The second-order valence-electron chi connectivity index (χ2n) is 3.48. The van der Waals surface area contributed by atoms with Crippen LogP contribution in [-0.2, 0) is 6.42 Å². The van der Waals surface area contributed by atoms with E-state index in [1.165, 1.54) is 5.56 Å². The number of benzene rings is 1. The predicted octanol–water partition coefficient (Wildman–Crippen LogP) is 0.768. The van der Waals surface area contributed by atoms with Gasteiger partial charge in [-0.3, -0.25) is 4.79 Å². The summed E-state index contributed by atoms with van der Waals surface area (Å²) in [6.07, 6.45) is 2.75. The maximum atomic E-state index is 11.0. The van der Waals surface area contributed by atoms with Crippen molar-refractivity contribution < 1.29 is 4.79 Å². The van der Waals surface area contributed by atoms with Gasteiger partial charge in [-0.2, -0.15) is 0 Å². The van der Waals surface area contributed by atoms with Gasteiger partial charge in [0, 0.05) is 22.7 Å². The van der Waals surface area contributed by atoms with Crippen molar-refractivity contribution in [2.75, 3.05) is 6.54 Å². The van der Waals surface area contributed by atoms with Gasteiger partial charge in [-0.05, 0) is 30.7 Å². The van der Waals surface area contributed by atoms with Crippen LogP contribution in [0.4, 0.5) is 0 Å². The van der Waals surface area contributed by atoms with Crippen molar-refractivity contribution in [3.05, 3.63) is 35.5 Å². The summed E-state index contributed by atoms with van der Waals surface area (Å²) in [5.41, 5.74) is 13.3. The number of amides is 1. The van der Waals surface area contributed by atoms with Crippen molar-refractivity contribution in [2.45, 2.75) is 6.42 Å². The third kappa shape index (κ3) is 1.71. The molecule has 0 saturated carbocycles. The molecule has 2 rings (SSSR count). The summed E-state index contributed by atoms with van der Waals surface area (Å²) >= 11 is 0. The maximum absolute atomic E-state index is 11.0. The molecule has 15 heavy (non-hydrogen) atoms. The number of H-pyrrole nitrogens is 1. The van der Waals surface area contributed by atoms with Crippen LogP contribution >= 0.6 is 0 Å². The van der Waals surface area contributed by atoms with E-state index in [0.29, 0.717) is 12.1 Å². The third-order valence-electron chi connectivity index (χ3n) is 2.47. The average molecular weight is 203 g/mol. The van der Waals surface area contributed by atoms with Crippen molar-refractivity contribution >= 4 is 16.8 Å². The van der Waals surface area contributed by atoms with Gasteiger partial charge in [-0.25, -0.2) is 0 Å². The first-order valence-electron chi connectivity index (χ1n) is 4.82. The summed E-state index contributed by atoms with van der Waals surface area (Å²) in [7, 11) is 0. The first kappa shape index (κ1) is 9.73. The molecule has 5 N–H and O–H groups in total. The molecule has 1 heterocycles. The Morgan fingerprint density at radius 3 is 2.87 bits per heavy atom. The molecule has 0 aliphatic carbocycles. The smallest absolute Gasteiger partial charge is 0.248 e. The normalized spacial score (nSPS) is 10.7. The first-order valence-corrected chi connectivity index (χ1v) is 4.82. The van der Waals surface area contributed by atoms with E-state index in [2.05, 4.69) is 4.98 Å². The fourth-order valence-electron chi connectivity index (χ4n) is 1.70. The van der Waals surface area contributed by atoms with Gasteiger partial charge in [0.1, 0.15) is 0 Å². The number of rotatable bonds is 3. The van der Waals surface area contributed by atoms with E-state index in [1.807, 2.05) is 12.3 Å². The van der Waals surface area contributed by atoms with Crippen molar-refractivity contribution in [1.29, 1.82) is 0 Å². The monoisotopic (exact) mass is 203 g/mol. The van der Waals surface area contributed by atoms with E-state index in [-0.39, 0.29) is 0 Å². The molecular weight excluding hydrogens is 190 g/mol. The second kappa shape index (κ2) is 3.74. The van der Waals surface area contributed by atoms with E-state index < -0.39 is 5.91 Å². The minimum atomic E-state index is -0.410. The predicted molar refractivity (Wildman–Crippen MR) is 59.6 cm³/mol. The quantitative estimate of drug-likeness (QED) is 0.688. The number of aromatic nitrogens is 1. The molecule has 1 amide bonds. The lowest BCUT2D eigenvalue weighted by Crippen LogP contribution is -2.10. The highest BCUT2D eigenvalue weighted by molar-refractivity contribution is 5.97. The zero-order valence-electron chi connectivity index (χ0n) is 8.29. The molecule has 0 saturated heterocycles. The Balaban J connectivity index is 2.51. The van der Waals surface area contributed by atoms with Gasteiger partial charge in [0.25, 0.3) is 0 Å². The summed E-state index contributed by atoms with van der Waals surface area (Å²) in [4.78, 5) is 14.1.